The number of hydrogen-bond acceptors (Lipinski definition) is 6. The summed E-state index contributed by atoms with van der Waals surface area (Å²) >= 11 is 1.45. The Hall–Kier alpha value is -2.22. The lowest BCUT2D eigenvalue weighted by atomic mass is 10.3. The van der Waals surface area contributed by atoms with Crippen LogP contribution in [0.25, 0.3) is 10.2 Å². The van der Waals surface area contributed by atoms with E-state index in [2.05, 4.69) is 9.97 Å². The average molecular weight is 277 g/mol. The van der Waals surface area contributed by atoms with Crippen molar-refractivity contribution in [3.63, 3.8) is 0 Å². The summed E-state index contributed by atoms with van der Waals surface area (Å²) in [6.45, 7) is 0.148. The standard InChI is InChI=1S/C11H11N5O2S/c1-15-5-8(17)16(11(15)18)4-7-13-9(12)6-2-3-19-10(6)14-7/h2-3H,4-5H2,1H3,(H2,12,13,14). The maximum Gasteiger partial charge on any atom is 0.327 e. The van der Waals surface area contributed by atoms with Gasteiger partial charge in [-0.25, -0.2) is 14.8 Å². The number of urea groups is 1. The fourth-order valence-electron chi connectivity index (χ4n) is 1.96. The molecule has 0 unspecified atom stereocenters. The zero-order chi connectivity index (χ0) is 13.6. The van der Waals surface area contributed by atoms with Gasteiger partial charge in [0.05, 0.1) is 11.9 Å². The van der Waals surface area contributed by atoms with E-state index in [1.807, 2.05) is 11.4 Å². The molecule has 2 aromatic heterocycles. The van der Waals surface area contributed by atoms with Gasteiger partial charge in [0.1, 0.15) is 17.2 Å². The van der Waals surface area contributed by atoms with Crippen molar-refractivity contribution in [2.24, 2.45) is 0 Å². The summed E-state index contributed by atoms with van der Waals surface area (Å²) in [5.41, 5.74) is 5.83. The second-order valence-electron chi connectivity index (χ2n) is 4.28. The highest BCUT2D eigenvalue weighted by Crippen LogP contribution is 2.23. The minimum Gasteiger partial charge on any atom is -0.383 e. The van der Waals surface area contributed by atoms with Crippen molar-refractivity contribution >= 4 is 39.3 Å². The molecule has 8 heteroatoms. The van der Waals surface area contributed by atoms with Crippen LogP contribution >= 0.6 is 11.3 Å². The van der Waals surface area contributed by atoms with Crippen LogP contribution in [0, 0.1) is 0 Å². The van der Waals surface area contributed by atoms with Gasteiger partial charge in [-0.05, 0) is 11.4 Å². The van der Waals surface area contributed by atoms with Crippen molar-refractivity contribution in [2.75, 3.05) is 19.3 Å². The molecule has 19 heavy (non-hydrogen) atoms. The largest absolute Gasteiger partial charge is 0.383 e. The summed E-state index contributed by atoms with van der Waals surface area (Å²) in [4.78, 5) is 35.1. The van der Waals surface area contributed by atoms with Crippen LogP contribution in [-0.2, 0) is 11.3 Å². The number of likely N-dealkylation sites (N-methyl/N-ethyl adjacent to an activating group) is 1. The van der Waals surface area contributed by atoms with E-state index in [4.69, 9.17) is 5.73 Å². The Balaban J connectivity index is 1.93. The Kier molecular flexibility index (Phi) is 2.59. The van der Waals surface area contributed by atoms with Crippen LogP contribution in [0.1, 0.15) is 5.82 Å². The zero-order valence-corrected chi connectivity index (χ0v) is 11.0. The molecule has 0 aromatic carbocycles. The number of nitrogens with zero attached hydrogens (tertiary/aromatic N) is 4. The highest BCUT2D eigenvalue weighted by molar-refractivity contribution is 7.16. The van der Waals surface area contributed by atoms with Crippen molar-refractivity contribution in [1.29, 1.82) is 0 Å². The molecule has 0 atom stereocenters. The first-order valence-corrected chi connectivity index (χ1v) is 6.49. The third-order valence-electron chi connectivity index (χ3n) is 2.93. The zero-order valence-electron chi connectivity index (χ0n) is 10.2. The third kappa shape index (κ3) is 1.89. The molecule has 1 fully saturated rings. The number of anilines is 1. The number of nitrogens with two attached hydrogens (primary N) is 1. The van der Waals surface area contributed by atoms with Gasteiger partial charge in [0.15, 0.2) is 5.82 Å². The van der Waals surface area contributed by atoms with Gasteiger partial charge in [-0.3, -0.25) is 9.69 Å². The van der Waals surface area contributed by atoms with E-state index in [0.29, 0.717) is 11.6 Å². The van der Waals surface area contributed by atoms with Crippen molar-refractivity contribution in [2.45, 2.75) is 6.54 Å². The summed E-state index contributed by atoms with van der Waals surface area (Å²) in [6, 6.07) is 1.51. The quantitative estimate of drug-likeness (QED) is 0.814. The molecule has 98 valence electrons. The Morgan fingerprint density at radius 1 is 1.42 bits per heavy atom. The summed E-state index contributed by atoms with van der Waals surface area (Å²) in [5.74, 6) is 0.499. The van der Waals surface area contributed by atoms with E-state index in [0.717, 1.165) is 15.1 Å². The smallest absolute Gasteiger partial charge is 0.327 e. The van der Waals surface area contributed by atoms with Gasteiger partial charge in [-0.1, -0.05) is 0 Å². The fourth-order valence-corrected chi connectivity index (χ4v) is 2.75. The van der Waals surface area contributed by atoms with Crippen LogP contribution in [0.5, 0.6) is 0 Å². The van der Waals surface area contributed by atoms with Crippen LogP contribution in [0.2, 0.25) is 0 Å². The van der Waals surface area contributed by atoms with Gasteiger partial charge in [0.25, 0.3) is 5.91 Å². The number of aromatic nitrogens is 2. The second-order valence-corrected chi connectivity index (χ2v) is 5.18. The van der Waals surface area contributed by atoms with E-state index >= 15 is 0 Å². The summed E-state index contributed by atoms with van der Waals surface area (Å²) < 4.78 is 0. The molecular weight excluding hydrogens is 266 g/mol. The maximum absolute atomic E-state index is 11.8. The van der Waals surface area contributed by atoms with Crippen molar-refractivity contribution in [1.82, 2.24) is 19.8 Å². The monoisotopic (exact) mass is 277 g/mol. The lowest BCUT2D eigenvalue weighted by Crippen LogP contribution is -2.31. The van der Waals surface area contributed by atoms with Crippen molar-refractivity contribution in [3.05, 3.63) is 17.3 Å². The third-order valence-corrected chi connectivity index (χ3v) is 3.74. The molecular formula is C11H11N5O2S. The van der Waals surface area contributed by atoms with Gasteiger partial charge in [-0.15, -0.1) is 11.3 Å². The number of carbonyl (C=O) groups excluding carboxylic acids is 2. The minimum absolute atomic E-state index is 0.0556. The van der Waals surface area contributed by atoms with Gasteiger partial charge in [0.2, 0.25) is 0 Å². The molecule has 0 spiro atoms. The topological polar surface area (TPSA) is 92.4 Å². The molecule has 1 aliphatic rings. The fraction of sp³-hybridized carbons (Fsp3) is 0.273. The molecule has 2 aromatic rings. The number of fused-ring (bicyclic) bond motifs is 1. The minimum atomic E-state index is -0.335. The van der Waals surface area contributed by atoms with Gasteiger partial charge < -0.3 is 10.6 Å². The van der Waals surface area contributed by atoms with E-state index in [1.165, 1.54) is 16.2 Å². The summed E-state index contributed by atoms with van der Waals surface area (Å²) in [6.07, 6.45) is 0. The lowest BCUT2D eigenvalue weighted by molar-refractivity contribution is -0.125. The van der Waals surface area contributed by atoms with Crippen LogP contribution in [-0.4, -0.2) is 45.3 Å². The highest BCUT2D eigenvalue weighted by atomic mass is 32.1. The number of carbonyl (C=O) groups is 2. The second kappa shape index (κ2) is 4.16. The highest BCUT2D eigenvalue weighted by Gasteiger charge is 2.34. The summed E-state index contributed by atoms with van der Waals surface area (Å²) in [7, 11) is 1.58. The number of imide groups is 1. The first kappa shape index (κ1) is 11.8. The molecule has 0 bridgehead atoms. The van der Waals surface area contributed by atoms with E-state index in [-0.39, 0.29) is 25.0 Å². The summed E-state index contributed by atoms with van der Waals surface area (Å²) in [5, 5.41) is 2.67. The van der Waals surface area contributed by atoms with Crippen LogP contribution in [0.15, 0.2) is 11.4 Å². The number of hydrogen-bond donors (Lipinski definition) is 1. The molecule has 2 N–H and O–H groups in total. The Bertz CT molecular complexity index is 683. The molecule has 3 amide bonds. The Morgan fingerprint density at radius 2 is 2.21 bits per heavy atom. The Labute approximate surface area is 112 Å². The maximum atomic E-state index is 11.8. The first-order valence-electron chi connectivity index (χ1n) is 5.61. The number of rotatable bonds is 2. The molecule has 0 radical (unpaired) electrons. The van der Waals surface area contributed by atoms with Crippen LogP contribution < -0.4 is 5.73 Å². The first-order chi connectivity index (χ1) is 9.06. The van der Waals surface area contributed by atoms with Crippen molar-refractivity contribution in [3.8, 4) is 0 Å². The normalized spacial score (nSPS) is 15.8. The predicted octanol–water partition coefficient (Wildman–Crippen LogP) is 0.667. The predicted molar refractivity (Wildman–Crippen MR) is 70.4 cm³/mol. The number of amides is 3. The van der Waals surface area contributed by atoms with E-state index in [9.17, 15) is 9.59 Å². The van der Waals surface area contributed by atoms with Gasteiger partial charge in [-0.2, -0.15) is 0 Å². The molecule has 3 heterocycles. The molecule has 7 nitrogen and oxygen atoms in total. The van der Waals surface area contributed by atoms with Crippen molar-refractivity contribution < 1.29 is 9.59 Å². The molecule has 1 aliphatic heterocycles. The Morgan fingerprint density at radius 3 is 2.89 bits per heavy atom. The van der Waals surface area contributed by atoms with Gasteiger partial charge >= 0.3 is 6.03 Å². The molecule has 3 rings (SSSR count). The van der Waals surface area contributed by atoms with Gasteiger partial charge in [0, 0.05) is 7.05 Å². The number of thiophene rings is 1. The molecule has 1 saturated heterocycles. The van der Waals surface area contributed by atoms with Crippen LogP contribution in [0.3, 0.4) is 0 Å². The molecule has 0 aliphatic carbocycles. The average Bonchev–Trinajstić information content (AvgIpc) is 2.91. The van der Waals surface area contributed by atoms with Crippen LogP contribution in [0.4, 0.5) is 10.6 Å². The lowest BCUT2D eigenvalue weighted by Gasteiger charge is -2.13. The molecule has 0 saturated carbocycles. The van der Waals surface area contributed by atoms with E-state index in [1.54, 1.807) is 7.05 Å². The number of nitrogen functional groups attached to an aromatic ring is 1. The van der Waals surface area contributed by atoms with E-state index < -0.39 is 0 Å². The SMILES string of the molecule is CN1CC(=O)N(Cc2nc(N)c3ccsc3n2)C1=O.